The van der Waals surface area contributed by atoms with E-state index in [0.717, 1.165) is 24.2 Å². The van der Waals surface area contributed by atoms with Crippen LogP contribution in [-0.4, -0.2) is 29.5 Å². The number of nitrogens with zero attached hydrogens (tertiary/aromatic N) is 1. The van der Waals surface area contributed by atoms with Crippen molar-refractivity contribution < 1.29 is 9.53 Å². The molecule has 1 amide bonds. The van der Waals surface area contributed by atoms with Crippen molar-refractivity contribution in [1.29, 1.82) is 0 Å². The minimum absolute atomic E-state index is 0.0533. The highest BCUT2D eigenvalue weighted by Gasteiger charge is 2.05. The SMILES string of the molecule is COCc1cccc(C(=O)NCCCc2ncc[nH]2)c1. The Hall–Kier alpha value is -2.14. The zero-order chi connectivity index (χ0) is 14.2. The number of imidazole rings is 1. The summed E-state index contributed by atoms with van der Waals surface area (Å²) in [6.45, 7) is 1.15. The van der Waals surface area contributed by atoms with Gasteiger partial charge in [-0.1, -0.05) is 12.1 Å². The van der Waals surface area contributed by atoms with Crippen LogP contribution in [-0.2, 0) is 17.8 Å². The van der Waals surface area contributed by atoms with Crippen molar-refractivity contribution in [2.45, 2.75) is 19.4 Å². The number of aromatic amines is 1. The Bertz CT molecular complexity index is 538. The number of benzene rings is 1. The molecular formula is C15H19N3O2. The van der Waals surface area contributed by atoms with Crippen molar-refractivity contribution in [3.63, 3.8) is 0 Å². The van der Waals surface area contributed by atoms with Gasteiger partial charge in [-0.3, -0.25) is 4.79 Å². The van der Waals surface area contributed by atoms with Crippen LogP contribution in [0, 0.1) is 0 Å². The molecule has 5 heteroatoms. The summed E-state index contributed by atoms with van der Waals surface area (Å²) >= 11 is 0. The molecule has 0 atom stereocenters. The third-order valence-electron chi connectivity index (χ3n) is 2.93. The van der Waals surface area contributed by atoms with Gasteiger partial charge in [0.25, 0.3) is 5.91 Å². The molecule has 0 spiro atoms. The average Bonchev–Trinajstić information content (AvgIpc) is 2.97. The molecule has 0 saturated heterocycles. The van der Waals surface area contributed by atoms with Gasteiger partial charge in [0.05, 0.1) is 6.61 Å². The fourth-order valence-electron chi connectivity index (χ4n) is 1.96. The molecule has 1 aromatic heterocycles. The van der Waals surface area contributed by atoms with Crippen LogP contribution in [0.25, 0.3) is 0 Å². The fraction of sp³-hybridized carbons (Fsp3) is 0.333. The van der Waals surface area contributed by atoms with Gasteiger partial charge in [-0.25, -0.2) is 4.98 Å². The maximum Gasteiger partial charge on any atom is 0.251 e. The van der Waals surface area contributed by atoms with Crippen molar-refractivity contribution in [3.8, 4) is 0 Å². The number of ether oxygens (including phenoxy) is 1. The third kappa shape index (κ3) is 4.20. The van der Waals surface area contributed by atoms with Gasteiger partial charge in [0, 0.05) is 38.0 Å². The van der Waals surface area contributed by atoms with E-state index in [1.807, 2.05) is 18.2 Å². The number of hydrogen-bond acceptors (Lipinski definition) is 3. The van der Waals surface area contributed by atoms with Crippen molar-refractivity contribution in [3.05, 3.63) is 53.6 Å². The number of methoxy groups -OCH3 is 1. The zero-order valence-corrected chi connectivity index (χ0v) is 11.6. The van der Waals surface area contributed by atoms with Crippen LogP contribution in [0.5, 0.6) is 0 Å². The van der Waals surface area contributed by atoms with E-state index in [2.05, 4.69) is 15.3 Å². The van der Waals surface area contributed by atoms with E-state index in [-0.39, 0.29) is 5.91 Å². The molecule has 1 heterocycles. The number of aryl methyl sites for hydroxylation is 1. The Morgan fingerprint density at radius 3 is 3.10 bits per heavy atom. The quantitative estimate of drug-likeness (QED) is 0.757. The summed E-state index contributed by atoms with van der Waals surface area (Å²) < 4.78 is 5.06. The first kappa shape index (κ1) is 14.3. The monoisotopic (exact) mass is 273 g/mol. The number of nitrogens with one attached hydrogen (secondary N) is 2. The number of carbonyl (C=O) groups is 1. The second-order valence-corrected chi connectivity index (χ2v) is 4.53. The number of rotatable bonds is 7. The molecule has 20 heavy (non-hydrogen) atoms. The van der Waals surface area contributed by atoms with E-state index >= 15 is 0 Å². The number of aromatic nitrogens is 2. The van der Waals surface area contributed by atoms with Gasteiger partial charge >= 0.3 is 0 Å². The van der Waals surface area contributed by atoms with Crippen LogP contribution in [0.2, 0.25) is 0 Å². The lowest BCUT2D eigenvalue weighted by Crippen LogP contribution is -2.24. The second kappa shape index (κ2) is 7.45. The summed E-state index contributed by atoms with van der Waals surface area (Å²) in [7, 11) is 1.64. The number of carbonyl (C=O) groups excluding carboxylic acids is 1. The fourth-order valence-corrected chi connectivity index (χ4v) is 1.96. The molecule has 2 rings (SSSR count). The van der Waals surface area contributed by atoms with Crippen LogP contribution in [0.3, 0.4) is 0 Å². The topological polar surface area (TPSA) is 67.0 Å². The van der Waals surface area contributed by atoms with Crippen molar-refractivity contribution in [2.75, 3.05) is 13.7 Å². The molecule has 5 nitrogen and oxygen atoms in total. The van der Waals surface area contributed by atoms with Gasteiger partial charge in [-0.05, 0) is 24.1 Å². The molecule has 0 fully saturated rings. The predicted octanol–water partition coefficient (Wildman–Crippen LogP) is 1.92. The zero-order valence-electron chi connectivity index (χ0n) is 11.6. The Morgan fingerprint density at radius 1 is 1.45 bits per heavy atom. The summed E-state index contributed by atoms with van der Waals surface area (Å²) in [5.74, 6) is 0.892. The van der Waals surface area contributed by atoms with Gasteiger partial charge in [0.15, 0.2) is 0 Å². The predicted molar refractivity (Wildman–Crippen MR) is 76.4 cm³/mol. The molecule has 0 aliphatic carbocycles. The van der Waals surface area contributed by atoms with Crippen LogP contribution in [0.15, 0.2) is 36.7 Å². The lowest BCUT2D eigenvalue weighted by Gasteiger charge is -2.06. The van der Waals surface area contributed by atoms with E-state index in [1.165, 1.54) is 0 Å². The van der Waals surface area contributed by atoms with E-state index in [0.29, 0.717) is 18.7 Å². The van der Waals surface area contributed by atoms with E-state index in [9.17, 15) is 4.79 Å². The Morgan fingerprint density at radius 2 is 2.35 bits per heavy atom. The summed E-state index contributed by atoms with van der Waals surface area (Å²) in [5, 5.41) is 2.91. The van der Waals surface area contributed by atoms with Crippen LogP contribution < -0.4 is 5.32 Å². The summed E-state index contributed by atoms with van der Waals surface area (Å²) in [4.78, 5) is 19.2. The number of hydrogen-bond donors (Lipinski definition) is 2. The summed E-state index contributed by atoms with van der Waals surface area (Å²) in [6, 6.07) is 7.47. The highest BCUT2D eigenvalue weighted by atomic mass is 16.5. The smallest absolute Gasteiger partial charge is 0.251 e. The lowest BCUT2D eigenvalue weighted by atomic mass is 10.1. The highest BCUT2D eigenvalue weighted by molar-refractivity contribution is 5.94. The molecule has 0 bridgehead atoms. The van der Waals surface area contributed by atoms with Crippen molar-refractivity contribution in [2.24, 2.45) is 0 Å². The molecule has 0 unspecified atom stereocenters. The van der Waals surface area contributed by atoms with E-state index < -0.39 is 0 Å². The van der Waals surface area contributed by atoms with Crippen molar-refractivity contribution in [1.82, 2.24) is 15.3 Å². The largest absolute Gasteiger partial charge is 0.380 e. The standard InChI is InChI=1S/C15H19N3O2/c1-20-11-12-4-2-5-13(10-12)15(19)18-7-3-6-14-16-8-9-17-14/h2,4-5,8-10H,3,6-7,11H2,1H3,(H,16,17)(H,18,19). The maximum atomic E-state index is 12.0. The van der Waals surface area contributed by atoms with Gasteiger partial charge in [0.2, 0.25) is 0 Å². The second-order valence-electron chi connectivity index (χ2n) is 4.53. The molecule has 0 radical (unpaired) electrons. The lowest BCUT2D eigenvalue weighted by molar-refractivity contribution is 0.0953. The van der Waals surface area contributed by atoms with Crippen LogP contribution in [0.1, 0.15) is 28.2 Å². The van der Waals surface area contributed by atoms with E-state index in [4.69, 9.17) is 4.74 Å². The highest BCUT2D eigenvalue weighted by Crippen LogP contribution is 2.06. The maximum absolute atomic E-state index is 12.0. The molecule has 106 valence electrons. The number of amides is 1. The Labute approximate surface area is 118 Å². The van der Waals surface area contributed by atoms with Gasteiger partial charge in [0.1, 0.15) is 5.82 Å². The summed E-state index contributed by atoms with van der Waals surface area (Å²) in [6.07, 6.45) is 5.22. The third-order valence-corrected chi connectivity index (χ3v) is 2.93. The van der Waals surface area contributed by atoms with E-state index in [1.54, 1.807) is 25.6 Å². The molecular weight excluding hydrogens is 254 g/mol. The first-order valence-electron chi connectivity index (χ1n) is 6.64. The molecule has 1 aromatic carbocycles. The Balaban J connectivity index is 1.78. The molecule has 0 aliphatic heterocycles. The normalized spacial score (nSPS) is 10.4. The van der Waals surface area contributed by atoms with Crippen molar-refractivity contribution >= 4 is 5.91 Å². The van der Waals surface area contributed by atoms with Gasteiger partial charge < -0.3 is 15.0 Å². The van der Waals surface area contributed by atoms with Crippen LogP contribution in [0.4, 0.5) is 0 Å². The Kier molecular flexibility index (Phi) is 5.32. The molecule has 0 aliphatic rings. The van der Waals surface area contributed by atoms with Gasteiger partial charge in [-0.2, -0.15) is 0 Å². The molecule has 0 saturated carbocycles. The molecule has 2 N–H and O–H groups in total. The van der Waals surface area contributed by atoms with Crippen LogP contribution >= 0.6 is 0 Å². The number of H-pyrrole nitrogens is 1. The first-order chi connectivity index (χ1) is 9.79. The first-order valence-corrected chi connectivity index (χ1v) is 6.64. The average molecular weight is 273 g/mol. The molecule has 2 aromatic rings. The minimum atomic E-state index is -0.0533. The summed E-state index contributed by atoms with van der Waals surface area (Å²) in [5.41, 5.74) is 1.66. The minimum Gasteiger partial charge on any atom is -0.380 e. The van der Waals surface area contributed by atoms with Gasteiger partial charge in [-0.15, -0.1) is 0 Å².